The van der Waals surface area contributed by atoms with E-state index < -0.39 is 34.8 Å². The maximum atomic E-state index is 12.6. The lowest BCUT2D eigenvalue weighted by Crippen LogP contribution is -2.14. The van der Waals surface area contributed by atoms with Crippen LogP contribution in [0, 0.1) is 5.82 Å². The molecule has 6 heteroatoms. The number of halogens is 5. The molecule has 0 N–H and O–H groups in total. The Kier molecular flexibility index (Phi) is 3.34. The van der Waals surface area contributed by atoms with Crippen molar-refractivity contribution in [3.8, 4) is 0 Å². The fourth-order valence-electron chi connectivity index (χ4n) is 1.07. The summed E-state index contributed by atoms with van der Waals surface area (Å²) in [7, 11) is 0. The predicted molar refractivity (Wildman–Crippen MR) is 46.5 cm³/mol. The van der Waals surface area contributed by atoms with Gasteiger partial charge in [0.1, 0.15) is 5.82 Å². The van der Waals surface area contributed by atoms with Crippen molar-refractivity contribution in [2.45, 2.75) is 6.18 Å². The van der Waals surface area contributed by atoms with Crippen LogP contribution in [0.25, 0.3) is 0 Å². The number of Topliss-reactive ketones (excluding diaryl/α,β-unsaturated/α-hetero) is 1. The van der Waals surface area contributed by atoms with Crippen molar-refractivity contribution in [3.63, 3.8) is 0 Å². The Morgan fingerprint density at radius 3 is 2.40 bits per heavy atom. The fourth-order valence-corrected chi connectivity index (χ4v) is 1.21. The van der Waals surface area contributed by atoms with Crippen molar-refractivity contribution < 1.29 is 22.4 Å². The maximum absolute atomic E-state index is 12.6. The number of carbonyl (C=O) groups excluding carboxylic acids is 1. The Morgan fingerprint density at radius 1 is 1.33 bits per heavy atom. The summed E-state index contributed by atoms with van der Waals surface area (Å²) in [5, 5.41) is 0. The van der Waals surface area contributed by atoms with Gasteiger partial charge in [-0.25, -0.2) is 4.39 Å². The normalized spacial score (nSPS) is 11.5. The van der Waals surface area contributed by atoms with Crippen LogP contribution in [0.15, 0.2) is 18.2 Å². The van der Waals surface area contributed by atoms with E-state index in [4.69, 9.17) is 11.6 Å². The third kappa shape index (κ3) is 2.68. The Labute approximate surface area is 87.7 Å². The van der Waals surface area contributed by atoms with E-state index in [0.29, 0.717) is 0 Å². The summed E-state index contributed by atoms with van der Waals surface area (Å²) in [6.07, 6.45) is -4.76. The molecule has 0 unspecified atom stereocenters. The van der Waals surface area contributed by atoms with E-state index >= 15 is 0 Å². The standard InChI is InChI=1S/C9H5ClF4O/c10-4-8(15)6-2-1-5(11)3-7(6)9(12,13)14/h1-3H,4H2. The zero-order valence-corrected chi connectivity index (χ0v) is 7.99. The van der Waals surface area contributed by atoms with Gasteiger partial charge in [0.25, 0.3) is 0 Å². The topological polar surface area (TPSA) is 17.1 Å². The second kappa shape index (κ2) is 4.18. The number of ketones is 1. The van der Waals surface area contributed by atoms with Crippen molar-refractivity contribution >= 4 is 17.4 Å². The third-order valence-corrected chi connectivity index (χ3v) is 1.95. The van der Waals surface area contributed by atoms with Crippen LogP contribution in [0.1, 0.15) is 15.9 Å². The highest BCUT2D eigenvalue weighted by molar-refractivity contribution is 6.30. The van der Waals surface area contributed by atoms with E-state index in [0.717, 1.165) is 12.1 Å². The van der Waals surface area contributed by atoms with Crippen LogP contribution in [0.2, 0.25) is 0 Å². The lowest BCUT2D eigenvalue weighted by atomic mass is 10.0. The van der Waals surface area contributed by atoms with Crippen LogP contribution in [0.5, 0.6) is 0 Å². The molecule has 0 aliphatic rings. The summed E-state index contributed by atoms with van der Waals surface area (Å²) in [4.78, 5) is 11.0. The second-order valence-corrected chi connectivity index (χ2v) is 3.01. The minimum atomic E-state index is -4.76. The molecule has 0 fully saturated rings. The molecule has 0 aromatic heterocycles. The van der Waals surface area contributed by atoms with Crippen LogP contribution >= 0.6 is 11.6 Å². The number of hydrogen-bond donors (Lipinski definition) is 0. The lowest BCUT2D eigenvalue weighted by Gasteiger charge is -2.10. The molecule has 0 spiro atoms. The van der Waals surface area contributed by atoms with Crippen LogP contribution in [0.4, 0.5) is 17.6 Å². The van der Waals surface area contributed by atoms with E-state index in [1.54, 1.807) is 0 Å². The Bertz CT molecular complexity index is 386. The molecule has 0 radical (unpaired) electrons. The molecular formula is C9H5ClF4O. The van der Waals surface area contributed by atoms with Crippen LogP contribution in [-0.2, 0) is 6.18 Å². The molecule has 1 aromatic rings. The highest BCUT2D eigenvalue weighted by Crippen LogP contribution is 2.32. The summed E-state index contributed by atoms with van der Waals surface area (Å²) in [5.74, 6) is -2.51. The van der Waals surface area contributed by atoms with Gasteiger partial charge in [0.2, 0.25) is 0 Å². The van der Waals surface area contributed by atoms with E-state index in [1.807, 2.05) is 0 Å². The summed E-state index contributed by atoms with van der Waals surface area (Å²) < 4.78 is 49.7. The second-order valence-electron chi connectivity index (χ2n) is 2.74. The molecule has 82 valence electrons. The van der Waals surface area contributed by atoms with Gasteiger partial charge in [-0.15, -0.1) is 11.6 Å². The summed E-state index contributed by atoms with van der Waals surface area (Å²) in [6, 6.07) is 1.84. The zero-order valence-electron chi connectivity index (χ0n) is 7.24. The Balaban J connectivity index is 3.33. The minimum absolute atomic E-state index is 0.278. The monoisotopic (exact) mass is 240 g/mol. The fraction of sp³-hybridized carbons (Fsp3) is 0.222. The smallest absolute Gasteiger partial charge is 0.293 e. The summed E-state index contributed by atoms with van der Waals surface area (Å²) >= 11 is 5.14. The molecule has 0 amide bonds. The predicted octanol–water partition coefficient (Wildman–Crippen LogP) is 3.27. The molecule has 1 nitrogen and oxygen atoms in total. The number of hydrogen-bond acceptors (Lipinski definition) is 1. The zero-order chi connectivity index (χ0) is 11.6. The molecule has 15 heavy (non-hydrogen) atoms. The molecule has 1 rings (SSSR count). The van der Waals surface area contributed by atoms with Gasteiger partial charge in [0.15, 0.2) is 5.78 Å². The molecule has 0 saturated heterocycles. The minimum Gasteiger partial charge on any atom is -0.293 e. The van der Waals surface area contributed by atoms with Gasteiger partial charge >= 0.3 is 6.18 Å². The average Bonchev–Trinajstić information content (AvgIpc) is 2.15. The van der Waals surface area contributed by atoms with E-state index in [2.05, 4.69) is 0 Å². The first kappa shape index (κ1) is 12.0. The number of alkyl halides is 4. The van der Waals surface area contributed by atoms with Gasteiger partial charge in [0, 0.05) is 5.56 Å². The molecule has 0 heterocycles. The van der Waals surface area contributed by atoms with Crippen LogP contribution in [0.3, 0.4) is 0 Å². The quantitative estimate of drug-likeness (QED) is 0.441. The van der Waals surface area contributed by atoms with Gasteiger partial charge < -0.3 is 0 Å². The molecule has 0 bridgehead atoms. The van der Waals surface area contributed by atoms with E-state index in [-0.39, 0.29) is 6.07 Å². The van der Waals surface area contributed by atoms with Gasteiger partial charge in [-0.3, -0.25) is 4.79 Å². The lowest BCUT2D eigenvalue weighted by molar-refractivity contribution is -0.138. The van der Waals surface area contributed by atoms with Gasteiger partial charge in [-0.1, -0.05) is 0 Å². The van der Waals surface area contributed by atoms with Gasteiger partial charge in [-0.05, 0) is 18.2 Å². The summed E-state index contributed by atoms with van der Waals surface area (Å²) in [6.45, 7) is 0. The van der Waals surface area contributed by atoms with Crippen molar-refractivity contribution in [1.29, 1.82) is 0 Å². The highest BCUT2D eigenvalue weighted by Gasteiger charge is 2.35. The van der Waals surface area contributed by atoms with E-state index in [1.165, 1.54) is 0 Å². The van der Waals surface area contributed by atoms with Crippen molar-refractivity contribution in [1.82, 2.24) is 0 Å². The third-order valence-electron chi connectivity index (χ3n) is 1.71. The highest BCUT2D eigenvalue weighted by atomic mass is 35.5. The van der Waals surface area contributed by atoms with Crippen LogP contribution < -0.4 is 0 Å². The molecule has 0 aliphatic heterocycles. The van der Waals surface area contributed by atoms with Gasteiger partial charge in [-0.2, -0.15) is 13.2 Å². The molecule has 0 atom stereocenters. The average molecular weight is 241 g/mol. The largest absolute Gasteiger partial charge is 0.417 e. The summed E-state index contributed by atoms with van der Waals surface area (Å²) in [5.41, 5.74) is -1.91. The molecule has 0 aliphatic carbocycles. The molecule has 1 aromatic carbocycles. The number of rotatable bonds is 2. The number of carbonyl (C=O) groups is 1. The first-order valence-corrected chi connectivity index (χ1v) is 4.35. The maximum Gasteiger partial charge on any atom is 0.417 e. The van der Waals surface area contributed by atoms with Gasteiger partial charge in [0.05, 0.1) is 11.4 Å². The molecule has 0 saturated carbocycles. The molecular weight excluding hydrogens is 236 g/mol. The van der Waals surface area contributed by atoms with Crippen LogP contribution in [-0.4, -0.2) is 11.7 Å². The Hall–Kier alpha value is -1.10. The van der Waals surface area contributed by atoms with Crippen molar-refractivity contribution in [3.05, 3.63) is 35.1 Å². The Morgan fingerprint density at radius 2 is 1.93 bits per heavy atom. The van der Waals surface area contributed by atoms with Crippen molar-refractivity contribution in [2.24, 2.45) is 0 Å². The first-order chi connectivity index (χ1) is 6.86. The van der Waals surface area contributed by atoms with E-state index in [9.17, 15) is 22.4 Å². The number of benzene rings is 1. The SMILES string of the molecule is O=C(CCl)c1ccc(F)cc1C(F)(F)F. The first-order valence-electron chi connectivity index (χ1n) is 3.82. The van der Waals surface area contributed by atoms with Crippen molar-refractivity contribution in [2.75, 3.05) is 5.88 Å².